The summed E-state index contributed by atoms with van der Waals surface area (Å²) in [6.45, 7) is 3.98. The van der Waals surface area contributed by atoms with Crippen LogP contribution in [0.5, 0.6) is 0 Å². The number of thioether (sulfide) groups is 1. The highest BCUT2D eigenvalue weighted by Crippen LogP contribution is 2.25. The maximum atomic E-state index is 12.7. The summed E-state index contributed by atoms with van der Waals surface area (Å²) in [6.07, 6.45) is 13.1. The van der Waals surface area contributed by atoms with Gasteiger partial charge in [-0.2, -0.15) is 11.8 Å². The lowest BCUT2D eigenvalue weighted by molar-refractivity contribution is -0.125. The Hall–Kier alpha value is -2.53. The molecule has 1 N–H and O–H groups in total. The molecule has 2 heterocycles. The molecular weight excluding hydrogens is 330 g/mol. The normalized spacial score (nSPS) is 15.0. The summed E-state index contributed by atoms with van der Waals surface area (Å²) in [5.74, 6) is 0.709. The molecule has 1 aromatic carbocycles. The number of allylic oxidation sites excluding steroid dienone is 4. The van der Waals surface area contributed by atoms with Gasteiger partial charge in [0, 0.05) is 6.20 Å². The van der Waals surface area contributed by atoms with Gasteiger partial charge in [0.05, 0.1) is 22.8 Å². The number of amides is 1. The number of rotatable bonds is 4. The highest BCUT2D eigenvalue weighted by Gasteiger charge is 2.24. The molecule has 3 rings (SSSR count). The van der Waals surface area contributed by atoms with E-state index in [2.05, 4.69) is 41.2 Å². The second-order valence-corrected chi connectivity index (χ2v) is 7.05. The molecular formula is C20H21N3OS. The molecule has 4 nitrogen and oxygen atoms in total. The van der Waals surface area contributed by atoms with Gasteiger partial charge in [-0.15, -0.1) is 0 Å². The number of hydrogen-bond donors (Lipinski definition) is 1. The number of carbonyl (C=O) groups excluding carboxylic acids is 1. The van der Waals surface area contributed by atoms with Crippen molar-refractivity contribution in [1.82, 2.24) is 14.9 Å². The summed E-state index contributed by atoms with van der Waals surface area (Å²) in [4.78, 5) is 22.2. The number of imidazole rings is 1. The molecule has 1 aromatic heterocycles. The number of benzene rings is 1. The van der Waals surface area contributed by atoms with Gasteiger partial charge in [-0.3, -0.25) is 9.69 Å². The Balaban J connectivity index is 1.94. The summed E-state index contributed by atoms with van der Waals surface area (Å²) in [7, 11) is 0. The van der Waals surface area contributed by atoms with Crippen molar-refractivity contribution in [1.29, 1.82) is 0 Å². The maximum Gasteiger partial charge on any atom is 0.243 e. The van der Waals surface area contributed by atoms with E-state index < -0.39 is 0 Å². The highest BCUT2D eigenvalue weighted by atomic mass is 32.2. The van der Waals surface area contributed by atoms with Gasteiger partial charge in [0.25, 0.3) is 0 Å². The molecule has 1 aliphatic heterocycles. The van der Waals surface area contributed by atoms with Gasteiger partial charge in [0.15, 0.2) is 5.82 Å². The average Bonchev–Trinajstić information content (AvgIpc) is 2.99. The largest absolute Gasteiger partial charge is 0.337 e. The zero-order valence-electron chi connectivity index (χ0n) is 14.6. The minimum absolute atomic E-state index is 0.0342. The van der Waals surface area contributed by atoms with Crippen LogP contribution in [0.2, 0.25) is 0 Å². The molecule has 0 spiro atoms. The smallest absolute Gasteiger partial charge is 0.243 e. The first kappa shape index (κ1) is 17.3. The topological polar surface area (TPSA) is 49.0 Å². The number of nitrogens with one attached hydrogen (secondary N) is 1. The Morgan fingerprint density at radius 3 is 2.68 bits per heavy atom. The lowest BCUT2D eigenvalue weighted by atomic mass is 10.1. The maximum absolute atomic E-state index is 12.7. The molecule has 25 heavy (non-hydrogen) atoms. The fraction of sp³-hybridized carbons (Fsp3) is 0.200. The van der Waals surface area contributed by atoms with Gasteiger partial charge < -0.3 is 4.98 Å². The number of nitrogens with zero attached hydrogens (tertiary/aromatic N) is 2. The lowest BCUT2D eigenvalue weighted by Crippen LogP contribution is -2.31. The van der Waals surface area contributed by atoms with Crippen molar-refractivity contribution in [3.05, 3.63) is 72.4 Å². The number of aromatic amines is 1. The Morgan fingerprint density at radius 1 is 1.20 bits per heavy atom. The third-order valence-corrected chi connectivity index (χ3v) is 5.00. The number of carbonyl (C=O) groups is 1. The third-order valence-electron chi connectivity index (χ3n) is 4.09. The van der Waals surface area contributed by atoms with Gasteiger partial charge in [-0.25, -0.2) is 4.98 Å². The Bertz CT molecular complexity index is 846. The van der Waals surface area contributed by atoms with Crippen LogP contribution in [0.1, 0.15) is 18.3 Å². The van der Waals surface area contributed by atoms with E-state index in [-0.39, 0.29) is 11.2 Å². The van der Waals surface area contributed by atoms with E-state index in [0.29, 0.717) is 5.82 Å². The second-order valence-electron chi connectivity index (χ2n) is 5.88. The van der Waals surface area contributed by atoms with Crippen LogP contribution >= 0.6 is 11.8 Å². The fourth-order valence-electron chi connectivity index (χ4n) is 2.52. The van der Waals surface area contributed by atoms with Crippen LogP contribution in [0, 0.1) is 6.92 Å². The minimum atomic E-state index is -0.127. The van der Waals surface area contributed by atoms with E-state index in [1.807, 2.05) is 37.5 Å². The Labute approximate surface area is 152 Å². The molecule has 0 fully saturated rings. The number of aryl methyl sites for hydroxylation is 1. The number of aromatic nitrogens is 2. The molecule has 0 saturated heterocycles. The summed E-state index contributed by atoms with van der Waals surface area (Å²) in [6, 6.07) is 8.27. The van der Waals surface area contributed by atoms with Crippen LogP contribution in [0.15, 0.2) is 61.0 Å². The van der Waals surface area contributed by atoms with Gasteiger partial charge in [-0.1, -0.05) is 42.0 Å². The fourth-order valence-corrected chi connectivity index (χ4v) is 2.84. The first-order valence-electron chi connectivity index (χ1n) is 8.13. The molecule has 0 radical (unpaired) electrons. The summed E-state index contributed by atoms with van der Waals surface area (Å²) in [5, 5.41) is -0.127. The predicted molar refractivity (Wildman–Crippen MR) is 105 cm³/mol. The lowest BCUT2D eigenvalue weighted by Gasteiger charge is -2.22. The standard InChI is InChI=1S/C20H21N3OS/c1-14-8-10-16(11-9-14)17-13-21-19(22-17)18-7-5-4-6-12-23(18)20(24)15(2)25-3/h4-13,15H,1-3H3,(H,21,22). The quantitative estimate of drug-likeness (QED) is 0.889. The predicted octanol–water partition coefficient (Wildman–Crippen LogP) is 4.39. The zero-order valence-corrected chi connectivity index (χ0v) is 15.4. The van der Waals surface area contributed by atoms with Crippen LogP contribution in [0.3, 0.4) is 0 Å². The van der Waals surface area contributed by atoms with E-state index in [1.54, 1.807) is 17.3 Å². The van der Waals surface area contributed by atoms with Crippen molar-refractivity contribution in [3.8, 4) is 11.3 Å². The highest BCUT2D eigenvalue weighted by molar-refractivity contribution is 7.99. The van der Waals surface area contributed by atoms with E-state index in [1.165, 1.54) is 17.3 Å². The molecule has 0 saturated carbocycles. The first-order chi connectivity index (χ1) is 12.1. The third kappa shape index (κ3) is 3.77. The van der Waals surface area contributed by atoms with E-state index >= 15 is 0 Å². The van der Waals surface area contributed by atoms with Crippen LogP contribution < -0.4 is 0 Å². The van der Waals surface area contributed by atoms with Crippen molar-refractivity contribution < 1.29 is 4.79 Å². The van der Waals surface area contributed by atoms with Crippen LogP contribution in [0.4, 0.5) is 0 Å². The molecule has 0 aliphatic carbocycles. The van der Waals surface area contributed by atoms with Crippen molar-refractivity contribution in [2.75, 3.05) is 6.26 Å². The molecule has 0 bridgehead atoms. The Kier molecular flexibility index (Phi) is 5.24. The molecule has 5 heteroatoms. The molecule has 1 atom stereocenters. The number of H-pyrrole nitrogens is 1. The number of hydrogen-bond acceptors (Lipinski definition) is 3. The van der Waals surface area contributed by atoms with Gasteiger partial charge in [0.1, 0.15) is 0 Å². The van der Waals surface area contributed by atoms with E-state index in [4.69, 9.17) is 0 Å². The van der Waals surface area contributed by atoms with Gasteiger partial charge in [-0.05, 0) is 37.8 Å². The molecule has 1 amide bonds. The SMILES string of the molecule is CSC(C)C(=O)N1C=CC=CC=C1c1ncc(-c2ccc(C)cc2)[nH]1. The van der Waals surface area contributed by atoms with Crippen LogP contribution in [0.25, 0.3) is 17.0 Å². The van der Waals surface area contributed by atoms with E-state index in [9.17, 15) is 4.79 Å². The zero-order chi connectivity index (χ0) is 17.8. The molecule has 1 aliphatic rings. The summed E-state index contributed by atoms with van der Waals surface area (Å²) in [5.41, 5.74) is 3.96. The van der Waals surface area contributed by atoms with Crippen molar-refractivity contribution in [2.45, 2.75) is 19.1 Å². The minimum Gasteiger partial charge on any atom is -0.337 e. The van der Waals surface area contributed by atoms with Gasteiger partial charge in [0.2, 0.25) is 5.91 Å². The molecule has 128 valence electrons. The molecule has 2 aromatic rings. The van der Waals surface area contributed by atoms with Crippen LogP contribution in [-0.4, -0.2) is 32.3 Å². The molecule has 1 unspecified atom stereocenters. The first-order valence-corrected chi connectivity index (χ1v) is 9.42. The van der Waals surface area contributed by atoms with Crippen molar-refractivity contribution in [3.63, 3.8) is 0 Å². The van der Waals surface area contributed by atoms with Gasteiger partial charge >= 0.3 is 0 Å². The average molecular weight is 351 g/mol. The van der Waals surface area contributed by atoms with Crippen LogP contribution in [-0.2, 0) is 4.79 Å². The van der Waals surface area contributed by atoms with Crippen molar-refractivity contribution >= 4 is 23.4 Å². The van der Waals surface area contributed by atoms with Crippen molar-refractivity contribution in [2.24, 2.45) is 0 Å². The summed E-state index contributed by atoms with van der Waals surface area (Å²) >= 11 is 1.53. The monoisotopic (exact) mass is 351 g/mol. The second kappa shape index (κ2) is 7.57. The Morgan fingerprint density at radius 2 is 1.96 bits per heavy atom. The summed E-state index contributed by atoms with van der Waals surface area (Å²) < 4.78 is 0. The van der Waals surface area contributed by atoms with E-state index in [0.717, 1.165) is 17.0 Å².